The number of benzene rings is 1. The molecule has 1 atom stereocenters. The molecular weight excluding hydrogens is 278 g/mol. The molecule has 3 fully saturated rings. The maximum Gasteiger partial charge on any atom is 0.223 e. The Kier molecular flexibility index (Phi) is 2.79. The van der Waals surface area contributed by atoms with Gasteiger partial charge in [-0.1, -0.05) is 44.2 Å². The maximum atomic E-state index is 12.7. The standard InChI is InChI=1S/C18H23NOS/c1-16(2)10-18(16,14-6-4-3-5-7-14)19-15(20)13-8-17(9-13)11-21-12-17/h3-7,13H,8-12H2,1-2H3,(H,19,20). The smallest absolute Gasteiger partial charge is 0.223 e. The van der Waals surface area contributed by atoms with E-state index >= 15 is 0 Å². The highest BCUT2D eigenvalue weighted by molar-refractivity contribution is 8.00. The van der Waals surface area contributed by atoms with E-state index in [0.717, 1.165) is 19.3 Å². The molecule has 4 rings (SSSR count). The number of hydrogen-bond donors (Lipinski definition) is 1. The van der Waals surface area contributed by atoms with Gasteiger partial charge in [0.15, 0.2) is 0 Å². The molecule has 0 aromatic heterocycles. The van der Waals surface area contributed by atoms with E-state index in [4.69, 9.17) is 0 Å². The van der Waals surface area contributed by atoms with Crippen molar-refractivity contribution < 1.29 is 4.79 Å². The molecule has 1 aromatic carbocycles. The molecular formula is C18H23NOS. The summed E-state index contributed by atoms with van der Waals surface area (Å²) in [5.74, 6) is 3.08. The van der Waals surface area contributed by atoms with Crippen molar-refractivity contribution in [2.75, 3.05) is 11.5 Å². The fourth-order valence-electron chi connectivity index (χ4n) is 4.23. The SMILES string of the molecule is CC1(C)CC1(NC(=O)C1CC2(CSC2)C1)c1ccccc1. The number of hydrogen-bond acceptors (Lipinski definition) is 2. The maximum absolute atomic E-state index is 12.7. The highest BCUT2D eigenvalue weighted by Crippen LogP contribution is 2.63. The number of thioether (sulfide) groups is 1. The lowest BCUT2D eigenvalue weighted by molar-refractivity contribution is -0.132. The first-order valence-electron chi connectivity index (χ1n) is 7.92. The molecule has 1 aromatic rings. The van der Waals surface area contributed by atoms with Crippen LogP contribution in [0.1, 0.15) is 38.7 Å². The van der Waals surface area contributed by atoms with Gasteiger partial charge in [-0.25, -0.2) is 0 Å². The van der Waals surface area contributed by atoms with Crippen molar-refractivity contribution in [3.8, 4) is 0 Å². The molecule has 2 saturated carbocycles. The molecule has 112 valence electrons. The molecule has 2 nitrogen and oxygen atoms in total. The van der Waals surface area contributed by atoms with E-state index in [1.807, 2.05) is 17.8 Å². The van der Waals surface area contributed by atoms with Crippen LogP contribution in [0.5, 0.6) is 0 Å². The van der Waals surface area contributed by atoms with Crippen LogP contribution in [-0.4, -0.2) is 17.4 Å². The van der Waals surface area contributed by atoms with Crippen LogP contribution in [0.25, 0.3) is 0 Å². The quantitative estimate of drug-likeness (QED) is 0.924. The van der Waals surface area contributed by atoms with Gasteiger partial charge in [-0.15, -0.1) is 0 Å². The first kappa shape index (κ1) is 13.7. The van der Waals surface area contributed by atoms with Crippen molar-refractivity contribution in [2.24, 2.45) is 16.7 Å². The fourth-order valence-corrected chi connectivity index (χ4v) is 5.48. The molecule has 1 saturated heterocycles. The number of rotatable bonds is 3. The second-order valence-electron chi connectivity index (χ2n) is 7.92. The van der Waals surface area contributed by atoms with E-state index in [9.17, 15) is 4.79 Å². The van der Waals surface area contributed by atoms with Crippen molar-refractivity contribution in [3.63, 3.8) is 0 Å². The van der Waals surface area contributed by atoms with Gasteiger partial charge >= 0.3 is 0 Å². The van der Waals surface area contributed by atoms with Crippen LogP contribution in [-0.2, 0) is 10.3 Å². The molecule has 1 amide bonds. The van der Waals surface area contributed by atoms with Crippen LogP contribution in [0, 0.1) is 16.7 Å². The number of nitrogens with one attached hydrogen (secondary N) is 1. The lowest BCUT2D eigenvalue weighted by atomic mass is 9.63. The van der Waals surface area contributed by atoms with Gasteiger partial charge in [-0.3, -0.25) is 4.79 Å². The topological polar surface area (TPSA) is 29.1 Å². The van der Waals surface area contributed by atoms with Crippen LogP contribution < -0.4 is 5.32 Å². The Morgan fingerprint density at radius 1 is 1.19 bits per heavy atom. The minimum absolute atomic E-state index is 0.136. The molecule has 21 heavy (non-hydrogen) atoms. The van der Waals surface area contributed by atoms with Gasteiger partial charge in [0.1, 0.15) is 0 Å². The van der Waals surface area contributed by atoms with E-state index in [1.165, 1.54) is 17.1 Å². The van der Waals surface area contributed by atoms with Crippen LogP contribution in [0.15, 0.2) is 30.3 Å². The van der Waals surface area contributed by atoms with Gasteiger partial charge in [0.05, 0.1) is 5.54 Å². The van der Waals surface area contributed by atoms with Crippen molar-refractivity contribution >= 4 is 17.7 Å². The predicted molar refractivity (Wildman–Crippen MR) is 87.1 cm³/mol. The fraction of sp³-hybridized carbons (Fsp3) is 0.611. The summed E-state index contributed by atoms with van der Waals surface area (Å²) in [5, 5.41) is 3.42. The van der Waals surface area contributed by atoms with E-state index in [2.05, 4.69) is 43.4 Å². The summed E-state index contributed by atoms with van der Waals surface area (Å²) in [6, 6.07) is 10.5. The predicted octanol–water partition coefficient (Wildman–Crippen LogP) is 3.57. The molecule has 1 unspecified atom stereocenters. The van der Waals surface area contributed by atoms with Crippen LogP contribution in [0.3, 0.4) is 0 Å². The third kappa shape index (κ3) is 1.97. The molecule has 0 radical (unpaired) electrons. The normalized spacial score (nSPS) is 32.1. The molecule has 1 N–H and O–H groups in total. The van der Waals surface area contributed by atoms with Crippen LogP contribution in [0.2, 0.25) is 0 Å². The average molecular weight is 301 g/mol. The highest BCUT2D eigenvalue weighted by Gasteiger charge is 2.64. The van der Waals surface area contributed by atoms with Gasteiger partial charge in [0.2, 0.25) is 5.91 Å². The summed E-state index contributed by atoms with van der Waals surface area (Å²) in [7, 11) is 0. The van der Waals surface area contributed by atoms with Gasteiger partial charge in [-0.2, -0.15) is 11.8 Å². The molecule has 1 spiro atoms. The summed E-state index contributed by atoms with van der Waals surface area (Å²) < 4.78 is 0. The zero-order valence-corrected chi connectivity index (χ0v) is 13.6. The molecule has 0 bridgehead atoms. The molecule has 3 aliphatic rings. The van der Waals surface area contributed by atoms with Gasteiger partial charge in [0, 0.05) is 5.92 Å². The van der Waals surface area contributed by atoms with Gasteiger partial charge in [0.25, 0.3) is 0 Å². The van der Waals surface area contributed by atoms with Crippen molar-refractivity contribution in [1.29, 1.82) is 0 Å². The highest BCUT2D eigenvalue weighted by atomic mass is 32.2. The average Bonchev–Trinajstić information content (AvgIpc) is 2.89. The molecule has 1 heterocycles. The largest absolute Gasteiger partial charge is 0.346 e. The van der Waals surface area contributed by atoms with Crippen LogP contribution in [0.4, 0.5) is 0 Å². The Morgan fingerprint density at radius 2 is 1.81 bits per heavy atom. The molecule has 2 aliphatic carbocycles. The number of carbonyl (C=O) groups excluding carboxylic acids is 1. The summed E-state index contributed by atoms with van der Waals surface area (Å²) in [6.07, 6.45) is 3.26. The zero-order chi connectivity index (χ0) is 14.7. The minimum Gasteiger partial charge on any atom is -0.346 e. The first-order chi connectivity index (χ1) is 9.97. The number of amides is 1. The van der Waals surface area contributed by atoms with E-state index in [-0.39, 0.29) is 22.8 Å². The van der Waals surface area contributed by atoms with Crippen molar-refractivity contribution in [3.05, 3.63) is 35.9 Å². The van der Waals surface area contributed by atoms with E-state index in [1.54, 1.807) is 0 Å². The Morgan fingerprint density at radius 3 is 2.29 bits per heavy atom. The third-order valence-electron chi connectivity index (χ3n) is 5.89. The molecule has 3 heteroatoms. The van der Waals surface area contributed by atoms with Crippen LogP contribution >= 0.6 is 11.8 Å². The Labute approximate surface area is 131 Å². The second-order valence-corrected chi connectivity index (χ2v) is 8.90. The summed E-state index contributed by atoms with van der Waals surface area (Å²) in [4.78, 5) is 12.7. The zero-order valence-electron chi connectivity index (χ0n) is 12.8. The van der Waals surface area contributed by atoms with Gasteiger partial charge < -0.3 is 5.32 Å². The Balaban J connectivity index is 1.48. The number of carbonyl (C=O) groups is 1. The van der Waals surface area contributed by atoms with E-state index < -0.39 is 0 Å². The minimum atomic E-state index is -0.136. The Bertz CT molecular complexity index is 570. The summed E-state index contributed by atoms with van der Waals surface area (Å²) >= 11 is 2.02. The lowest BCUT2D eigenvalue weighted by Gasteiger charge is -2.53. The second kappa shape index (κ2) is 4.28. The third-order valence-corrected chi connectivity index (χ3v) is 7.52. The van der Waals surface area contributed by atoms with Crippen molar-refractivity contribution in [2.45, 2.75) is 38.6 Å². The summed E-state index contributed by atoms with van der Waals surface area (Å²) in [5.41, 5.74) is 1.82. The lowest BCUT2D eigenvalue weighted by Crippen LogP contribution is -2.54. The summed E-state index contributed by atoms with van der Waals surface area (Å²) in [6.45, 7) is 4.51. The van der Waals surface area contributed by atoms with Crippen molar-refractivity contribution in [1.82, 2.24) is 5.32 Å². The van der Waals surface area contributed by atoms with E-state index in [0.29, 0.717) is 5.41 Å². The monoisotopic (exact) mass is 301 g/mol. The Hall–Kier alpha value is -0.960. The molecule has 1 aliphatic heterocycles. The van der Waals surface area contributed by atoms with Gasteiger partial charge in [-0.05, 0) is 47.2 Å². The first-order valence-corrected chi connectivity index (χ1v) is 9.07.